The smallest absolute Gasteiger partial charge is 0.363 e. The molecule has 1 atom stereocenters. The molecule has 106 valence electrons. The molecule has 0 aliphatic heterocycles. The first-order valence-corrected chi connectivity index (χ1v) is 7.57. The Bertz CT molecular complexity index is 438. The summed E-state index contributed by atoms with van der Waals surface area (Å²) in [7, 11) is -2.06. The Labute approximate surface area is 112 Å². The number of hydrogen-bond acceptors (Lipinski definition) is 6. The predicted octanol–water partition coefficient (Wildman–Crippen LogP) is 3.73. The molecule has 0 heterocycles. The maximum absolute atomic E-state index is 12.5. The van der Waals surface area contributed by atoms with Crippen molar-refractivity contribution in [3.63, 3.8) is 0 Å². The lowest BCUT2D eigenvalue weighted by Gasteiger charge is -2.21. The van der Waals surface area contributed by atoms with Gasteiger partial charge < -0.3 is 13.8 Å². The van der Waals surface area contributed by atoms with Gasteiger partial charge in [0, 0.05) is 0 Å². The third-order valence-corrected chi connectivity index (χ3v) is 4.66. The highest BCUT2D eigenvalue weighted by atomic mass is 31.2. The SMILES string of the molecule is CCOP(=O)(OCC)C(N=O)c1ccc(OC)cc1. The molecule has 0 radical (unpaired) electrons. The Morgan fingerprint density at radius 2 is 1.68 bits per heavy atom. The van der Waals surface area contributed by atoms with Crippen LogP contribution in [-0.2, 0) is 13.6 Å². The monoisotopic (exact) mass is 287 g/mol. The molecule has 6 nitrogen and oxygen atoms in total. The first kappa shape index (κ1) is 15.8. The van der Waals surface area contributed by atoms with E-state index in [9.17, 15) is 9.47 Å². The second kappa shape index (κ2) is 7.38. The first-order valence-electron chi connectivity index (χ1n) is 5.96. The molecule has 0 spiro atoms. The van der Waals surface area contributed by atoms with Crippen LogP contribution >= 0.6 is 7.60 Å². The maximum atomic E-state index is 12.5. The van der Waals surface area contributed by atoms with E-state index in [0.717, 1.165) is 0 Å². The number of hydrogen-bond donors (Lipinski definition) is 0. The second-order valence-corrected chi connectivity index (χ2v) is 5.71. The molecule has 0 aromatic heterocycles. The fraction of sp³-hybridized carbons (Fsp3) is 0.500. The number of nitrogens with zero attached hydrogens (tertiary/aromatic N) is 1. The van der Waals surface area contributed by atoms with Crippen LogP contribution in [0.15, 0.2) is 29.4 Å². The summed E-state index contributed by atoms with van der Waals surface area (Å²) in [5, 5.41) is 2.92. The highest BCUT2D eigenvalue weighted by Crippen LogP contribution is 2.61. The second-order valence-electron chi connectivity index (χ2n) is 3.63. The minimum atomic E-state index is -3.59. The van der Waals surface area contributed by atoms with Crippen LogP contribution in [0, 0.1) is 4.91 Å². The van der Waals surface area contributed by atoms with Crippen LogP contribution in [0.2, 0.25) is 0 Å². The fourth-order valence-corrected chi connectivity index (χ4v) is 3.35. The van der Waals surface area contributed by atoms with Gasteiger partial charge in [-0.25, -0.2) is 0 Å². The fourth-order valence-electron chi connectivity index (χ4n) is 1.62. The van der Waals surface area contributed by atoms with E-state index in [-0.39, 0.29) is 13.2 Å². The van der Waals surface area contributed by atoms with E-state index >= 15 is 0 Å². The number of benzene rings is 1. The van der Waals surface area contributed by atoms with Crippen LogP contribution in [0.4, 0.5) is 0 Å². The van der Waals surface area contributed by atoms with Gasteiger partial charge in [0.1, 0.15) is 5.75 Å². The normalized spacial score (nSPS) is 13.0. The molecular formula is C12H18NO5P. The molecule has 0 saturated heterocycles. The number of rotatable bonds is 8. The van der Waals surface area contributed by atoms with Crippen LogP contribution in [0.5, 0.6) is 5.75 Å². The van der Waals surface area contributed by atoms with Crippen molar-refractivity contribution in [2.24, 2.45) is 5.18 Å². The summed E-state index contributed by atoms with van der Waals surface area (Å²) < 4.78 is 27.8. The van der Waals surface area contributed by atoms with Crippen molar-refractivity contribution < 1.29 is 18.3 Å². The molecule has 0 amide bonds. The predicted molar refractivity (Wildman–Crippen MR) is 72.4 cm³/mol. The number of ether oxygens (including phenoxy) is 1. The van der Waals surface area contributed by atoms with E-state index in [1.54, 1.807) is 38.1 Å². The standard InChI is InChI=1S/C12H18NO5P/c1-4-17-19(15,18-5-2)12(13-14)10-6-8-11(16-3)9-7-10/h6-9,12H,4-5H2,1-3H3. The Balaban J connectivity index is 3.08. The van der Waals surface area contributed by atoms with Gasteiger partial charge >= 0.3 is 7.60 Å². The quantitative estimate of drug-likeness (QED) is 0.538. The number of methoxy groups -OCH3 is 1. The van der Waals surface area contributed by atoms with Crippen molar-refractivity contribution >= 4 is 7.60 Å². The van der Waals surface area contributed by atoms with Gasteiger partial charge in [-0.3, -0.25) is 4.57 Å². The minimum absolute atomic E-state index is 0.180. The lowest BCUT2D eigenvalue weighted by molar-refractivity contribution is 0.212. The highest BCUT2D eigenvalue weighted by molar-refractivity contribution is 7.54. The van der Waals surface area contributed by atoms with Crippen molar-refractivity contribution in [2.45, 2.75) is 19.6 Å². The average molecular weight is 287 g/mol. The van der Waals surface area contributed by atoms with Crippen LogP contribution in [0.3, 0.4) is 0 Å². The summed E-state index contributed by atoms with van der Waals surface area (Å²) in [5.74, 6) is -0.533. The van der Waals surface area contributed by atoms with Gasteiger partial charge in [-0.05, 0) is 36.7 Å². The summed E-state index contributed by atoms with van der Waals surface area (Å²) in [6.45, 7) is 3.72. The molecule has 0 saturated carbocycles. The molecule has 1 rings (SSSR count). The van der Waals surface area contributed by atoms with Crippen molar-refractivity contribution in [1.29, 1.82) is 0 Å². The Hall–Kier alpha value is -1.23. The van der Waals surface area contributed by atoms with Gasteiger partial charge in [-0.15, -0.1) is 4.91 Å². The Morgan fingerprint density at radius 1 is 1.16 bits per heavy atom. The lowest BCUT2D eigenvalue weighted by atomic mass is 10.2. The van der Waals surface area contributed by atoms with Gasteiger partial charge in [-0.1, -0.05) is 12.1 Å². The van der Waals surface area contributed by atoms with Crippen LogP contribution < -0.4 is 4.74 Å². The lowest BCUT2D eigenvalue weighted by Crippen LogP contribution is -2.04. The summed E-state index contributed by atoms with van der Waals surface area (Å²) in [6, 6.07) is 6.57. The van der Waals surface area contributed by atoms with E-state index in [2.05, 4.69) is 5.18 Å². The van der Waals surface area contributed by atoms with Gasteiger partial charge in [0.15, 0.2) is 0 Å². The van der Waals surface area contributed by atoms with E-state index in [1.807, 2.05) is 0 Å². The molecule has 0 fully saturated rings. The first-order chi connectivity index (χ1) is 9.11. The van der Waals surface area contributed by atoms with Crippen LogP contribution in [-0.4, -0.2) is 20.3 Å². The van der Waals surface area contributed by atoms with E-state index < -0.39 is 13.4 Å². The van der Waals surface area contributed by atoms with Crippen molar-refractivity contribution in [2.75, 3.05) is 20.3 Å². The van der Waals surface area contributed by atoms with Gasteiger partial charge in [0.25, 0.3) is 0 Å². The molecule has 7 heteroatoms. The van der Waals surface area contributed by atoms with Gasteiger partial charge in [-0.2, -0.15) is 0 Å². The summed E-state index contributed by atoms with van der Waals surface area (Å²) >= 11 is 0. The molecule has 19 heavy (non-hydrogen) atoms. The van der Waals surface area contributed by atoms with Crippen LogP contribution in [0.25, 0.3) is 0 Å². The zero-order valence-electron chi connectivity index (χ0n) is 11.2. The minimum Gasteiger partial charge on any atom is -0.497 e. The Kier molecular flexibility index (Phi) is 6.15. The zero-order chi connectivity index (χ0) is 14.3. The summed E-state index contributed by atoms with van der Waals surface area (Å²) in [5.41, 5.74) is 0.473. The Morgan fingerprint density at radius 3 is 2.05 bits per heavy atom. The van der Waals surface area contributed by atoms with E-state index in [4.69, 9.17) is 13.8 Å². The molecular weight excluding hydrogens is 269 g/mol. The molecule has 1 aromatic rings. The molecule has 0 aliphatic rings. The third kappa shape index (κ3) is 3.86. The maximum Gasteiger partial charge on any atom is 0.363 e. The van der Waals surface area contributed by atoms with E-state index in [1.165, 1.54) is 7.11 Å². The van der Waals surface area contributed by atoms with Crippen molar-refractivity contribution in [1.82, 2.24) is 0 Å². The highest BCUT2D eigenvalue weighted by Gasteiger charge is 2.38. The van der Waals surface area contributed by atoms with Gasteiger partial charge in [0.2, 0.25) is 5.78 Å². The van der Waals surface area contributed by atoms with Crippen LogP contribution in [0.1, 0.15) is 25.2 Å². The molecule has 1 unspecified atom stereocenters. The summed E-state index contributed by atoms with van der Waals surface area (Å²) in [6.07, 6.45) is 0. The van der Waals surface area contributed by atoms with Gasteiger partial charge in [0.05, 0.1) is 20.3 Å². The molecule has 0 bridgehead atoms. The topological polar surface area (TPSA) is 74.2 Å². The average Bonchev–Trinajstić information content (AvgIpc) is 2.40. The van der Waals surface area contributed by atoms with Crippen molar-refractivity contribution in [3.8, 4) is 5.75 Å². The molecule has 1 aromatic carbocycles. The molecule has 0 N–H and O–H groups in total. The largest absolute Gasteiger partial charge is 0.497 e. The third-order valence-electron chi connectivity index (χ3n) is 2.43. The summed E-state index contributed by atoms with van der Waals surface area (Å²) in [4.78, 5) is 11.0. The number of nitroso groups, excluding NO2 is 1. The molecule has 0 aliphatic carbocycles. The van der Waals surface area contributed by atoms with Crippen molar-refractivity contribution in [3.05, 3.63) is 34.7 Å². The van der Waals surface area contributed by atoms with E-state index in [0.29, 0.717) is 11.3 Å². The zero-order valence-corrected chi connectivity index (χ0v) is 12.1.